The summed E-state index contributed by atoms with van der Waals surface area (Å²) in [6.45, 7) is 4.31. The average molecular weight is 212 g/mol. The molecular formula is C11H14ClNO. The molecule has 76 valence electrons. The van der Waals surface area contributed by atoms with Gasteiger partial charge in [-0.05, 0) is 18.9 Å². The van der Waals surface area contributed by atoms with E-state index in [9.17, 15) is 0 Å². The van der Waals surface area contributed by atoms with Crippen LogP contribution in [0.5, 0.6) is 5.88 Å². The molecule has 0 bridgehead atoms. The van der Waals surface area contributed by atoms with Gasteiger partial charge >= 0.3 is 0 Å². The van der Waals surface area contributed by atoms with Crippen LogP contribution < -0.4 is 4.74 Å². The third kappa shape index (κ3) is 3.38. The van der Waals surface area contributed by atoms with Gasteiger partial charge in [0.2, 0.25) is 5.88 Å². The number of unbranched alkanes of at least 4 members (excludes halogenated alkanes) is 1. The molecule has 0 radical (unpaired) electrons. The molecule has 0 aromatic carbocycles. The maximum atomic E-state index is 5.74. The fraction of sp³-hybridized carbons (Fsp3) is 0.364. The molecule has 0 aliphatic carbocycles. The Morgan fingerprint density at radius 2 is 2.43 bits per heavy atom. The first kappa shape index (κ1) is 11.1. The van der Waals surface area contributed by atoms with Gasteiger partial charge in [0.25, 0.3) is 0 Å². The molecule has 0 N–H and O–H groups in total. The lowest BCUT2D eigenvalue weighted by Gasteiger charge is -2.07. The minimum absolute atomic E-state index is 0.435. The summed E-state index contributed by atoms with van der Waals surface area (Å²) in [4.78, 5) is 4.11. The summed E-state index contributed by atoms with van der Waals surface area (Å²) in [7, 11) is 0. The number of aromatic nitrogens is 1. The van der Waals surface area contributed by atoms with Gasteiger partial charge in [-0.3, -0.25) is 0 Å². The summed E-state index contributed by atoms with van der Waals surface area (Å²) in [5.41, 5.74) is 0.938. The predicted octanol–water partition coefficient (Wildman–Crippen LogP) is 3.17. The van der Waals surface area contributed by atoms with E-state index < -0.39 is 0 Å². The van der Waals surface area contributed by atoms with Crippen LogP contribution in [0.15, 0.2) is 31.0 Å². The van der Waals surface area contributed by atoms with E-state index in [1.165, 1.54) is 0 Å². The zero-order chi connectivity index (χ0) is 10.2. The molecule has 0 saturated heterocycles. The average Bonchev–Trinajstić information content (AvgIpc) is 2.25. The van der Waals surface area contributed by atoms with Crippen LogP contribution in [0.1, 0.15) is 18.4 Å². The summed E-state index contributed by atoms with van der Waals surface area (Å²) >= 11 is 5.74. The fourth-order valence-electron chi connectivity index (χ4n) is 1.05. The van der Waals surface area contributed by atoms with Crippen LogP contribution >= 0.6 is 11.6 Å². The molecule has 0 aliphatic heterocycles. The number of pyridine rings is 1. The van der Waals surface area contributed by atoms with Gasteiger partial charge in [0, 0.05) is 11.8 Å². The molecule has 1 aromatic heterocycles. The second-order valence-electron chi connectivity index (χ2n) is 2.88. The lowest BCUT2D eigenvalue weighted by Crippen LogP contribution is -2.00. The van der Waals surface area contributed by atoms with Crippen molar-refractivity contribution in [3.8, 4) is 5.88 Å². The first-order chi connectivity index (χ1) is 6.88. The number of ether oxygens (including phenoxy) is 1. The second kappa shape index (κ2) is 6.44. The van der Waals surface area contributed by atoms with Gasteiger partial charge in [0.05, 0.1) is 12.5 Å². The van der Waals surface area contributed by atoms with Crippen molar-refractivity contribution in [1.82, 2.24) is 4.98 Å². The van der Waals surface area contributed by atoms with Crippen molar-refractivity contribution in [1.29, 1.82) is 0 Å². The highest BCUT2D eigenvalue weighted by molar-refractivity contribution is 6.17. The molecule has 0 fully saturated rings. The molecule has 0 saturated carbocycles. The molecule has 2 nitrogen and oxygen atoms in total. The van der Waals surface area contributed by atoms with Crippen molar-refractivity contribution < 1.29 is 4.74 Å². The SMILES string of the molecule is C=CCCCOc1ncccc1CCl. The first-order valence-corrected chi connectivity index (χ1v) is 5.15. The van der Waals surface area contributed by atoms with E-state index in [1.807, 2.05) is 18.2 Å². The van der Waals surface area contributed by atoms with Crippen LogP contribution in [-0.4, -0.2) is 11.6 Å². The van der Waals surface area contributed by atoms with Crippen LogP contribution in [0.3, 0.4) is 0 Å². The molecule has 1 heterocycles. The van der Waals surface area contributed by atoms with Crippen LogP contribution in [-0.2, 0) is 5.88 Å². The maximum absolute atomic E-state index is 5.74. The van der Waals surface area contributed by atoms with E-state index in [-0.39, 0.29) is 0 Å². The number of hydrogen-bond acceptors (Lipinski definition) is 2. The minimum Gasteiger partial charge on any atom is -0.477 e. The Morgan fingerprint density at radius 1 is 1.57 bits per heavy atom. The Morgan fingerprint density at radius 3 is 3.14 bits per heavy atom. The van der Waals surface area contributed by atoms with Gasteiger partial charge < -0.3 is 4.74 Å². The third-order valence-corrected chi connectivity index (χ3v) is 2.07. The number of nitrogens with zero attached hydrogens (tertiary/aromatic N) is 1. The molecule has 1 rings (SSSR count). The monoisotopic (exact) mass is 211 g/mol. The Hall–Kier alpha value is -1.02. The van der Waals surface area contributed by atoms with E-state index in [0.29, 0.717) is 18.4 Å². The largest absolute Gasteiger partial charge is 0.477 e. The van der Waals surface area contributed by atoms with Gasteiger partial charge in [-0.25, -0.2) is 4.98 Å². The highest BCUT2D eigenvalue weighted by Gasteiger charge is 2.01. The second-order valence-corrected chi connectivity index (χ2v) is 3.15. The molecule has 1 aromatic rings. The highest BCUT2D eigenvalue weighted by Crippen LogP contribution is 2.16. The third-order valence-electron chi connectivity index (χ3n) is 1.79. The van der Waals surface area contributed by atoms with Gasteiger partial charge in [-0.15, -0.1) is 18.2 Å². The lowest BCUT2D eigenvalue weighted by molar-refractivity contribution is 0.298. The molecule has 14 heavy (non-hydrogen) atoms. The Kier molecular flexibility index (Phi) is 5.08. The van der Waals surface area contributed by atoms with E-state index >= 15 is 0 Å². The summed E-state index contributed by atoms with van der Waals surface area (Å²) < 4.78 is 5.49. The normalized spacial score (nSPS) is 9.79. The molecule has 0 unspecified atom stereocenters. The number of alkyl halides is 1. The van der Waals surface area contributed by atoms with E-state index in [1.54, 1.807) is 6.20 Å². The zero-order valence-electron chi connectivity index (χ0n) is 8.08. The molecule has 0 aliphatic rings. The maximum Gasteiger partial charge on any atom is 0.217 e. The number of allylic oxidation sites excluding steroid dienone is 1. The van der Waals surface area contributed by atoms with Crippen LogP contribution in [0, 0.1) is 0 Å². The Balaban J connectivity index is 2.44. The predicted molar refractivity (Wildman–Crippen MR) is 58.7 cm³/mol. The summed E-state index contributed by atoms with van der Waals surface area (Å²) in [6, 6.07) is 3.77. The van der Waals surface area contributed by atoms with E-state index in [4.69, 9.17) is 16.3 Å². The molecule has 3 heteroatoms. The van der Waals surface area contributed by atoms with Crippen molar-refractivity contribution in [2.45, 2.75) is 18.7 Å². The van der Waals surface area contributed by atoms with E-state index in [0.717, 1.165) is 18.4 Å². The highest BCUT2D eigenvalue weighted by atomic mass is 35.5. The molecular weight excluding hydrogens is 198 g/mol. The summed E-state index contributed by atoms with van der Waals surface area (Å²) in [5, 5.41) is 0. The topological polar surface area (TPSA) is 22.1 Å². The summed E-state index contributed by atoms with van der Waals surface area (Å²) in [5.74, 6) is 1.08. The first-order valence-electron chi connectivity index (χ1n) is 4.62. The van der Waals surface area contributed by atoms with Crippen LogP contribution in [0.25, 0.3) is 0 Å². The van der Waals surface area contributed by atoms with Gasteiger partial charge in [-0.1, -0.05) is 12.1 Å². The summed E-state index contributed by atoms with van der Waals surface area (Å²) in [6.07, 6.45) is 5.51. The molecule has 0 spiro atoms. The van der Waals surface area contributed by atoms with Crippen LogP contribution in [0.2, 0.25) is 0 Å². The van der Waals surface area contributed by atoms with Crippen molar-refractivity contribution in [3.05, 3.63) is 36.5 Å². The van der Waals surface area contributed by atoms with Crippen molar-refractivity contribution in [2.24, 2.45) is 0 Å². The molecule has 0 amide bonds. The Bertz CT molecular complexity index is 288. The fourth-order valence-corrected chi connectivity index (χ4v) is 1.26. The van der Waals surface area contributed by atoms with Gasteiger partial charge in [-0.2, -0.15) is 0 Å². The number of rotatable bonds is 6. The lowest BCUT2D eigenvalue weighted by atomic mass is 10.3. The smallest absolute Gasteiger partial charge is 0.217 e. The van der Waals surface area contributed by atoms with E-state index in [2.05, 4.69) is 11.6 Å². The quantitative estimate of drug-likeness (QED) is 0.410. The standard InChI is InChI=1S/C11H14ClNO/c1-2-3-4-8-14-11-10(9-12)6-5-7-13-11/h2,5-7H,1,3-4,8-9H2. The zero-order valence-corrected chi connectivity index (χ0v) is 8.83. The number of halogens is 1. The van der Waals surface area contributed by atoms with Crippen molar-refractivity contribution in [3.63, 3.8) is 0 Å². The van der Waals surface area contributed by atoms with Crippen LogP contribution in [0.4, 0.5) is 0 Å². The van der Waals surface area contributed by atoms with Gasteiger partial charge in [0.15, 0.2) is 0 Å². The van der Waals surface area contributed by atoms with Crippen molar-refractivity contribution >= 4 is 11.6 Å². The Labute approximate surface area is 89.6 Å². The van der Waals surface area contributed by atoms with Crippen molar-refractivity contribution in [2.75, 3.05) is 6.61 Å². The molecule has 0 atom stereocenters. The minimum atomic E-state index is 0.435. The van der Waals surface area contributed by atoms with Gasteiger partial charge in [0.1, 0.15) is 0 Å². The number of hydrogen-bond donors (Lipinski definition) is 0.